The molecule has 23 heavy (non-hydrogen) atoms. The Kier molecular flexibility index (Phi) is 3.05. The van der Waals surface area contributed by atoms with Crippen LogP contribution in [0.5, 0.6) is 0 Å². The molecule has 0 spiro atoms. The van der Waals surface area contributed by atoms with Gasteiger partial charge in [0, 0.05) is 29.7 Å². The lowest BCUT2D eigenvalue weighted by Crippen LogP contribution is -2.14. The van der Waals surface area contributed by atoms with E-state index in [1.165, 1.54) is 0 Å². The lowest BCUT2D eigenvalue weighted by atomic mass is 10.00. The number of fused-ring (bicyclic) bond motifs is 1. The first kappa shape index (κ1) is 13.5. The second-order valence-corrected chi connectivity index (χ2v) is 5.39. The van der Waals surface area contributed by atoms with Crippen LogP contribution >= 0.6 is 0 Å². The Balaban J connectivity index is 2.02. The SMILES string of the molecule is Cc1nc(-c2ccncc2)c(-c2ccc3[nH]ccc3c2)c(=O)[nH]1. The Morgan fingerprint density at radius 2 is 1.83 bits per heavy atom. The first-order valence-electron chi connectivity index (χ1n) is 7.31. The molecule has 3 aromatic heterocycles. The zero-order valence-corrected chi connectivity index (χ0v) is 12.5. The van der Waals surface area contributed by atoms with Crippen molar-refractivity contribution in [1.29, 1.82) is 0 Å². The number of benzene rings is 1. The Labute approximate surface area is 132 Å². The van der Waals surface area contributed by atoms with Gasteiger partial charge in [0.25, 0.3) is 5.56 Å². The van der Waals surface area contributed by atoms with Gasteiger partial charge in [0.2, 0.25) is 0 Å². The summed E-state index contributed by atoms with van der Waals surface area (Å²) in [7, 11) is 0. The highest BCUT2D eigenvalue weighted by Gasteiger charge is 2.15. The average Bonchev–Trinajstić information content (AvgIpc) is 3.02. The number of nitrogens with one attached hydrogen (secondary N) is 2. The number of aromatic nitrogens is 4. The zero-order chi connectivity index (χ0) is 15.8. The molecule has 5 nitrogen and oxygen atoms in total. The van der Waals surface area contributed by atoms with Crippen molar-refractivity contribution in [1.82, 2.24) is 19.9 Å². The van der Waals surface area contributed by atoms with E-state index in [9.17, 15) is 4.79 Å². The van der Waals surface area contributed by atoms with Crippen LogP contribution in [0.4, 0.5) is 0 Å². The fraction of sp³-hybridized carbons (Fsp3) is 0.0556. The molecule has 0 bridgehead atoms. The molecule has 0 amide bonds. The average molecular weight is 302 g/mol. The first-order valence-corrected chi connectivity index (χ1v) is 7.31. The van der Waals surface area contributed by atoms with E-state index in [0.29, 0.717) is 17.1 Å². The lowest BCUT2D eigenvalue weighted by Gasteiger charge is -2.09. The predicted molar refractivity (Wildman–Crippen MR) is 90.1 cm³/mol. The van der Waals surface area contributed by atoms with Crippen molar-refractivity contribution in [2.45, 2.75) is 6.92 Å². The quantitative estimate of drug-likeness (QED) is 0.596. The molecule has 0 saturated heterocycles. The van der Waals surface area contributed by atoms with Gasteiger partial charge in [0.05, 0.1) is 11.3 Å². The fourth-order valence-corrected chi connectivity index (χ4v) is 2.78. The highest BCUT2D eigenvalue weighted by atomic mass is 16.1. The fourth-order valence-electron chi connectivity index (χ4n) is 2.78. The first-order chi connectivity index (χ1) is 11.2. The summed E-state index contributed by atoms with van der Waals surface area (Å²) in [6, 6.07) is 11.6. The number of pyridine rings is 1. The summed E-state index contributed by atoms with van der Waals surface area (Å²) in [6.07, 6.45) is 5.29. The number of rotatable bonds is 2. The van der Waals surface area contributed by atoms with Crippen LogP contribution in [-0.4, -0.2) is 19.9 Å². The molecule has 2 N–H and O–H groups in total. The van der Waals surface area contributed by atoms with Crippen LogP contribution in [0.2, 0.25) is 0 Å². The van der Waals surface area contributed by atoms with E-state index in [4.69, 9.17) is 0 Å². The molecular formula is C18H14N4O. The highest BCUT2D eigenvalue weighted by Crippen LogP contribution is 2.29. The number of aryl methyl sites for hydroxylation is 1. The molecule has 0 atom stereocenters. The van der Waals surface area contributed by atoms with Crippen LogP contribution in [-0.2, 0) is 0 Å². The summed E-state index contributed by atoms with van der Waals surface area (Å²) in [6.45, 7) is 1.78. The third-order valence-electron chi connectivity index (χ3n) is 3.83. The molecule has 0 unspecified atom stereocenters. The second-order valence-electron chi connectivity index (χ2n) is 5.39. The highest BCUT2D eigenvalue weighted by molar-refractivity contribution is 5.88. The van der Waals surface area contributed by atoms with Crippen molar-refractivity contribution < 1.29 is 0 Å². The summed E-state index contributed by atoms with van der Waals surface area (Å²) >= 11 is 0. The molecule has 112 valence electrons. The van der Waals surface area contributed by atoms with E-state index in [-0.39, 0.29) is 5.56 Å². The Bertz CT molecular complexity index is 1050. The minimum Gasteiger partial charge on any atom is -0.361 e. The number of hydrogen-bond acceptors (Lipinski definition) is 3. The van der Waals surface area contributed by atoms with Gasteiger partial charge in [-0.1, -0.05) is 6.07 Å². The maximum atomic E-state index is 12.6. The Morgan fingerprint density at radius 3 is 2.65 bits per heavy atom. The largest absolute Gasteiger partial charge is 0.361 e. The van der Waals surface area contributed by atoms with E-state index in [1.807, 2.05) is 42.6 Å². The summed E-state index contributed by atoms with van der Waals surface area (Å²) in [5.74, 6) is 0.591. The molecule has 0 aliphatic rings. The molecule has 0 fully saturated rings. The lowest BCUT2D eigenvalue weighted by molar-refractivity contribution is 1.03. The van der Waals surface area contributed by atoms with E-state index >= 15 is 0 Å². The maximum absolute atomic E-state index is 12.6. The molecule has 0 aliphatic heterocycles. The summed E-state index contributed by atoms with van der Waals surface area (Å²) in [4.78, 5) is 27.1. The van der Waals surface area contributed by atoms with Gasteiger partial charge in [-0.05, 0) is 48.2 Å². The van der Waals surface area contributed by atoms with E-state index in [2.05, 4.69) is 19.9 Å². The van der Waals surface area contributed by atoms with Gasteiger partial charge in [0.15, 0.2) is 0 Å². The third-order valence-corrected chi connectivity index (χ3v) is 3.83. The van der Waals surface area contributed by atoms with Crippen LogP contribution in [0, 0.1) is 6.92 Å². The predicted octanol–water partition coefficient (Wildman–Crippen LogP) is 3.29. The standard InChI is InChI=1S/C18H14N4O/c1-11-21-17(12-4-7-19-8-5-12)16(18(23)22-11)14-2-3-15-13(10-14)6-9-20-15/h2-10,20H,1H3,(H,21,22,23). The van der Waals surface area contributed by atoms with Gasteiger partial charge in [-0.2, -0.15) is 0 Å². The van der Waals surface area contributed by atoms with Crippen molar-refractivity contribution in [2.24, 2.45) is 0 Å². The van der Waals surface area contributed by atoms with Crippen LogP contribution in [0.25, 0.3) is 33.3 Å². The minimum absolute atomic E-state index is 0.140. The topological polar surface area (TPSA) is 74.4 Å². The van der Waals surface area contributed by atoms with Crippen molar-refractivity contribution in [3.05, 3.63) is 71.2 Å². The number of H-pyrrole nitrogens is 2. The zero-order valence-electron chi connectivity index (χ0n) is 12.5. The van der Waals surface area contributed by atoms with Gasteiger partial charge >= 0.3 is 0 Å². The van der Waals surface area contributed by atoms with Crippen LogP contribution in [0.1, 0.15) is 5.82 Å². The van der Waals surface area contributed by atoms with E-state index in [1.54, 1.807) is 19.3 Å². The van der Waals surface area contributed by atoms with Gasteiger partial charge in [-0.25, -0.2) is 4.98 Å². The normalized spacial score (nSPS) is 11.0. The summed E-state index contributed by atoms with van der Waals surface area (Å²) in [5, 5.41) is 1.06. The summed E-state index contributed by atoms with van der Waals surface area (Å²) in [5.41, 5.74) is 3.86. The Morgan fingerprint density at radius 1 is 1.00 bits per heavy atom. The number of hydrogen-bond donors (Lipinski definition) is 2. The number of nitrogens with zero attached hydrogens (tertiary/aromatic N) is 2. The molecule has 0 saturated carbocycles. The van der Waals surface area contributed by atoms with Crippen molar-refractivity contribution in [2.75, 3.05) is 0 Å². The van der Waals surface area contributed by atoms with E-state index < -0.39 is 0 Å². The summed E-state index contributed by atoms with van der Waals surface area (Å²) < 4.78 is 0. The van der Waals surface area contributed by atoms with Gasteiger partial charge in [-0.3, -0.25) is 9.78 Å². The van der Waals surface area contributed by atoms with Crippen LogP contribution in [0.15, 0.2) is 59.8 Å². The molecule has 3 heterocycles. The Hall–Kier alpha value is -3.21. The van der Waals surface area contributed by atoms with Crippen molar-refractivity contribution in [3.63, 3.8) is 0 Å². The number of aromatic amines is 2. The van der Waals surface area contributed by atoms with Gasteiger partial charge in [-0.15, -0.1) is 0 Å². The monoisotopic (exact) mass is 302 g/mol. The minimum atomic E-state index is -0.140. The van der Waals surface area contributed by atoms with Gasteiger partial charge < -0.3 is 9.97 Å². The van der Waals surface area contributed by atoms with Crippen LogP contribution < -0.4 is 5.56 Å². The van der Waals surface area contributed by atoms with Crippen LogP contribution in [0.3, 0.4) is 0 Å². The molecule has 0 radical (unpaired) electrons. The van der Waals surface area contributed by atoms with Crippen molar-refractivity contribution in [3.8, 4) is 22.4 Å². The molecule has 4 rings (SSSR count). The second kappa shape index (κ2) is 5.21. The van der Waals surface area contributed by atoms with Crippen molar-refractivity contribution >= 4 is 10.9 Å². The third kappa shape index (κ3) is 2.32. The smallest absolute Gasteiger partial charge is 0.259 e. The maximum Gasteiger partial charge on any atom is 0.259 e. The molecular weight excluding hydrogens is 288 g/mol. The van der Waals surface area contributed by atoms with Gasteiger partial charge in [0.1, 0.15) is 5.82 Å². The molecule has 0 aliphatic carbocycles. The van der Waals surface area contributed by atoms with E-state index in [0.717, 1.165) is 22.0 Å². The molecule has 4 aromatic rings. The molecule has 5 heteroatoms. The molecule has 1 aromatic carbocycles.